The fourth-order valence-electron chi connectivity index (χ4n) is 3.84. The van der Waals surface area contributed by atoms with Crippen LogP contribution in [0.1, 0.15) is 49.8 Å². The molecular formula is C18H27NO2. The van der Waals surface area contributed by atoms with Gasteiger partial charge in [0.1, 0.15) is 5.75 Å². The van der Waals surface area contributed by atoms with Crippen molar-refractivity contribution < 1.29 is 9.84 Å². The third-order valence-corrected chi connectivity index (χ3v) is 5.20. The monoisotopic (exact) mass is 289 g/mol. The molecule has 116 valence electrons. The molecule has 0 saturated heterocycles. The number of rotatable bonds is 6. The summed E-state index contributed by atoms with van der Waals surface area (Å²) < 4.78 is 5.59. The van der Waals surface area contributed by atoms with Crippen LogP contribution in [0.4, 0.5) is 0 Å². The fraction of sp³-hybridized carbons (Fsp3) is 0.667. The Morgan fingerprint density at radius 2 is 2.19 bits per heavy atom. The van der Waals surface area contributed by atoms with Crippen LogP contribution in [0.5, 0.6) is 5.75 Å². The van der Waals surface area contributed by atoms with Crippen molar-refractivity contribution in [2.24, 2.45) is 11.8 Å². The van der Waals surface area contributed by atoms with Gasteiger partial charge in [0.15, 0.2) is 0 Å². The third-order valence-electron chi connectivity index (χ3n) is 5.20. The summed E-state index contributed by atoms with van der Waals surface area (Å²) in [7, 11) is 0. The molecular weight excluding hydrogens is 262 g/mol. The molecule has 1 aliphatic heterocycles. The Labute approximate surface area is 127 Å². The van der Waals surface area contributed by atoms with E-state index in [9.17, 15) is 5.11 Å². The van der Waals surface area contributed by atoms with Gasteiger partial charge in [-0.25, -0.2) is 0 Å². The maximum absolute atomic E-state index is 9.44. The molecule has 0 spiro atoms. The van der Waals surface area contributed by atoms with E-state index in [1.54, 1.807) is 0 Å². The molecule has 3 rings (SSSR count). The maximum atomic E-state index is 9.44. The molecule has 0 radical (unpaired) electrons. The van der Waals surface area contributed by atoms with Gasteiger partial charge in [0.2, 0.25) is 0 Å². The third kappa shape index (κ3) is 3.24. The number of aliphatic hydroxyl groups is 1. The minimum absolute atomic E-state index is 0.347. The quantitative estimate of drug-likeness (QED) is 0.845. The topological polar surface area (TPSA) is 41.5 Å². The average molecular weight is 289 g/mol. The fourth-order valence-corrected chi connectivity index (χ4v) is 3.84. The van der Waals surface area contributed by atoms with E-state index in [-0.39, 0.29) is 0 Å². The molecule has 3 atom stereocenters. The van der Waals surface area contributed by atoms with Gasteiger partial charge in [-0.2, -0.15) is 0 Å². The molecule has 1 aromatic rings. The molecule has 1 aromatic carbocycles. The van der Waals surface area contributed by atoms with E-state index >= 15 is 0 Å². The number of fused-ring (bicyclic) bond motifs is 1. The molecule has 3 unspecified atom stereocenters. The first kappa shape index (κ1) is 14.9. The van der Waals surface area contributed by atoms with E-state index in [4.69, 9.17) is 4.74 Å². The lowest BCUT2D eigenvalue weighted by Gasteiger charge is -2.23. The minimum Gasteiger partial charge on any atom is -0.493 e. The zero-order chi connectivity index (χ0) is 14.7. The normalized spacial score (nSPS) is 25.6. The molecule has 0 aromatic heterocycles. The summed E-state index contributed by atoms with van der Waals surface area (Å²) in [5, 5.41) is 13.2. The molecule has 3 heteroatoms. The zero-order valence-corrected chi connectivity index (χ0v) is 13.0. The highest BCUT2D eigenvalue weighted by molar-refractivity contribution is 5.40. The Morgan fingerprint density at radius 3 is 3.00 bits per heavy atom. The first-order valence-corrected chi connectivity index (χ1v) is 8.41. The van der Waals surface area contributed by atoms with Crippen LogP contribution >= 0.6 is 0 Å². The Kier molecular flexibility index (Phi) is 4.81. The number of benzene rings is 1. The van der Waals surface area contributed by atoms with Crippen molar-refractivity contribution in [2.75, 3.05) is 19.8 Å². The van der Waals surface area contributed by atoms with Crippen LogP contribution in [0.25, 0.3) is 0 Å². The molecule has 21 heavy (non-hydrogen) atoms. The van der Waals surface area contributed by atoms with Crippen molar-refractivity contribution in [3.05, 3.63) is 29.3 Å². The molecule has 0 amide bonds. The second-order valence-electron chi connectivity index (χ2n) is 6.47. The van der Waals surface area contributed by atoms with Gasteiger partial charge in [-0.1, -0.05) is 25.5 Å². The van der Waals surface area contributed by atoms with Crippen LogP contribution in [-0.2, 0) is 6.42 Å². The predicted octanol–water partition coefficient (Wildman–Crippen LogP) is 3.07. The van der Waals surface area contributed by atoms with E-state index in [1.807, 2.05) is 0 Å². The largest absolute Gasteiger partial charge is 0.493 e. The summed E-state index contributed by atoms with van der Waals surface area (Å²) in [4.78, 5) is 0. The molecule has 2 aliphatic rings. The first-order chi connectivity index (χ1) is 10.3. The van der Waals surface area contributed by atoms with Crippen molar-refractivity contribution in [2.45, 2.75) is 45.1 Å². The Balaban J connectivity index is 1.62. The Hall–Kier alpha value is -1.06. The van der Waals surface area contributed by atoms with Gasteiger partial charge < -0.3 is 15.2 Å². The first-order valence-electron chi connectivity index (χ1n) is 8.41. The van der Waals surface area contributed by atoms with E-state index < -0.39 is 0 Å². The summed E-state index contributed by atoms with van der Waals surface area (Å²) in [5.74, 6) is 2.20. The maximum Gasteiger partial charge on any atom is 0.122 e. The van der Waals surface area contributed by atoms with Crippen molar-refractivity contribution in [3.8, 4) is 5.75 Å². The molecule has 3 nitrogen and oxygen atoms in total. The molecule has 0 bridgehead atoms. The van der Waals surface area contributed by atoms with Crippen molar-refractivity contribution in [3.63, 3.8) is 0 Å². The van der Waals surface area contributed by atoms with Crippen LogP contribution < -0.4 is 10.1 Å². The number of aliphatic hydroxyl groups excluding tert-OH is 1. The van der Waals surface area contributed by atoms with E-state index in [2.05, 4.69) is 30.4 Å². The smallest absolute Gasteiger partial charge is 0.122 e. The number of hydrogen-bond acceptors (Lipinski definition) is 3. The lowest BCUT2D eigenvalue weighted by Crippen LogP contribution is -2.30. The van der Waals surface area contributed by atoms with E-state index in [1.165, 1.54) is 30.4 Å². The van der Waals surface area contributed by atoms with Crippen LogP contribution in [0.3, 0.4) is 0 Å². The number of nitrogens with one attached hydrogen (secondary N) is 1. The second kappa shape index (κ2) is 6.80. The van der Waals surface area contributed by atoms with Crippen molar-refractivity contribution in [1.82, 2.24) is 5.32 Å². The Morgan fingerprint density at radius 1 is 1.33 bits per heavy atom. The summed E-state index contributed by atoms with van der Waals surface area (Å²) >= 11 is 0. The van der Waals surface area contributed by atoms with Crippen LogP contribution in [0, 0.1) is 11.8 Å². The standard InChI is InChI=1S/C18H27NO2/c1-2-17(19-11-15-4-3-5-16(15)12-20)13-6-7-18-14(10-13)8-9-21-18/h6-7,10,15-17,19-20H,2-5,8-9,11-12H2,1H3. The van der Waals surface area contributed by atoms with Gasteiger partial charge in [-0.05, 0) is 54.8 Å². The lowest BCUT2D eigenvalue weighted by molar-refractivity contribution is 0.190. The summed E-state index contributed by atoms with van der Waals surface area (Å²) in [5.41, 5.74) is 2.72. The highest BCUT2D eigenvalue weighted by Crippen LogP contribution is 2.32. The van der Waals surface area contributed by atoms with Gasteiger partial charge in [0.25, 0.3) is 0 Å². The minimum atomic E-state index is 0.347. The molecule has 1 saturated carbocycles. The lowest BCUT2D eigenvalue weighted by atomic mass is 9.95. The molecule has 1 heterocycles. The van der Waals surface area contributed by atoms with E-state index in [0.717, 1.165) is 31.7 Å². The predicted molar refractivity (Wildman–Crippen MR) is 84.6 cm³/mol. The van der Waals surface area contributed by atoms with Crippen molar-refractivity contribution >= 4 is 0 Å². The average Bonchev–Trinajstić information content (AvgIpc) is 3.15. The molecule has 1 fully saturated rings. The zero-order valence-electron chi connectivity index (χ0n) is 13.0. The summed E-state index contributed by atoms with van der Waals surface area (Å²) in [6.07, 6.45) is 5.85. The van der Waals surface area contributed by atoms with Crippen LogP contribution in [-0.4, -0.2) is 24.9 Å². The van der Waals surface area contributed by atoms with Gasteiger partial charge in [0.05, 0.1) is 6.61 Å². The summed E-state index contributed by atoms with van der Waals surface area (Å²) in [6.45, 7) is 4.43. The van der Waals surface area contributed by atoms with Gasteiger partial charge in [0, 0.05) is 19.1 Å². The highest BCUT2D eigenvalue weighted by Gasteiger charge is 2.27. The summed E-state index contributed by atoms with van der Waals surface area (Å²) in [6, 6.07) is 7.04. The second-order valence-corrected chi connectivity index (χ2v) is 6.47. The van der Waals surface area contributed by atoms with Gasteiger partial charge in [-0.3, -0.25) is 0 Å². The highest BCUT2D eigenvalue weighted by atomic mass is 16.5. The van der Waals surface area contributed by atoms with Gasteiger partial charge in [-0.15, -0.1) is 0 Å². The van der Waals surface area contributed by atoms with Gasteiger partial charge >= 0.3 is 0 Å². The van der Waals surface area contributed by atoms with Crippen LogP contribution in [0.2, 0.25) is 0 Å². The number of hydrogen-bond donors (Lipinski definition) is 2. The SMILES string of the molecule is CCC(NCC1CCCC1CO)c1ccc2c(c1)CCO2. The molecule has 2 N–H and O–H groups in total. The Bertz CT molecular complexity index is 474. The van der Waals surface area contributed by atoms with Crippen LogP contribution in [0.15, 0.2) is 18.2 Å². The molecule has 1 aliphatic carbocycles. The number of ether oxygens (including phenoxy) is 1. The van der Waals surface area contributed by atoms with E-state index in [0.29, 0.717) is 24.5 Å². The van der Waals surface area contributed by atoms with Crippen molar-refractivity contribution in [1.29, 1.82) is 0 Å².